The second-order valence-electron chi connectivity index (χ2n) is 4.80. The van der Waals surface area contributed by atoms with E-state index in [-0.39, 0.29) is 12.5 Å². The van der Waals surface area contributed by atoms with Crippen molar-refractivity contribution in [3.63, 3.8) is 0 Å². The fourth-order valence-electron chi connectivity index (χ4n) is 1.78. The average Bonchev–Trinajstić information content (AvgIpc) is 2.38. The minimum absolute atomic E-state index is 0.0991. The summed E-state index contributed by atoms with van der Waals surface area (Å²) in [7, 11) is 1.62. The number of ether oxygens (including phenoxy) is 1. The van der Waals surface area contributed by atoms with Crippen LogP contribution in [-0.4, -0.2) is 30.8 Å². The molecule has 0 aliphatic carbocycles. The van der Waals surface area contributed by atoms with E-state index in [2.05, 4.69) is 5.32 Å². The molecule has 0 aliphatic rings. The summed E-state index contributed by atoms with van der Waals surface area (Å²) in [5.41, 5.74) is 7.81. The van der Waals surface area contributed by atoms with Crippen molar-refractivity contribution < 1.29 is 14.6 Å². The molecule has 1 amide bonds. The predicted octanol–water partition coefficient (Wildman–Crippen LogP) is 1.39. The summed E-state index contributed by atoms with van der Waals surface area (Å²) in [5.74, 6) is 0.570. The van der Waals surface area contributed by atoms with Crippen molar-refractivity contribution in [2.24, 2.45) is 5.73 Å². The molecule has 0 aliphatic heterocycles. The number of rotatable bonds is 5. The fourth-order valence-corrected chi connectivity index (χ4v) is 1.78. The van der Waals surface area contributed by atoms with Gasteiger partial charge in [-0.15, -0.1) is 0 Å². The number of aliphatic hydroxyl groups is 1. The molecule has 1 rings (SSSR count). The summed E-state index contributed by atoms with van der Waals surface area (Å²) in [6.45, 7) is 5.87. The average molecular weight is 266 g/mol. The quantitative estimate of drug-likeness (QED) is 0.751. The van der Waals surface area contributed by atoms with Crippen molar-refractivity contribution >= 4 is 11.6 Å². The van der Waals surface area contributed by atoms with Crippen LogP contribution in [-0.2, 0) is 4.79 Å². The van der Waals surface area contributed by atoms with Crippen LogP contribution in [0.25, 0.3) is 0 Å². The molecule has 0 heterocycles. The smallest absolute Gasteiger partial charge is 0.254 e. The van der Waals surface area contributed by atoms with Gasteiger partial charge >= 0.3 is 0 Å². The van der Waals surface area contributed by atoms with E-state index in [1.807, 2.05) is 32.9 Å². The van der Waals surface area contributed by atoms with E-state index >= 15 is 0 Å². The highest BCUT2D eigenvalue weighted by molar-refractivity contribution is 5.95. The highest BCUT2D eigenvalue weighted by Gasteiger charge is 2.16. The molecule has 5 heteroatoms. The van der Waals surface area contributed by atoms with E-state index < -0.39 is 12.0 Å². The summed E-state index contributed by atoms with van der Waals surface area (Å²) in [4.78, 5) is 11.7. The molecule has 0 fully saturated rings. The standard InChI is InChI=1S/C14H22N2O3/c1-8(2)10-6-11(9(3)5-13(10)19-4)16-14(18)12(17)7-15/h5-6,8,12,17H,7,15H2,1-4H3,(H,16,18). The third-order valence-corrected chi connectivity index (χ3v) is 2.98. The van der Waals surface area contributed by atoms with Gasteiger partial charge in [-0.05, 0) is 36.1 Å². The molecule has 19 heavy (non-hydrogen) atoms. The highest BCUT2D eigenvalue weighted by Crippen LogP contribution is 2.31. The third-order valence-electron chi connectivity index (χ3n) is 2.98. The zero-order chi connectivity index (χ0) is 14.6. The van der Waals surface area contributed by atoms with Gasteiger partial charge in [0.2, 0.25) is 0 Å². The number of nitrogens with two attached hydrogens (primary N) is 1. The maximum atomic E-state index is 11.7. The monoisotopic (exact) mass is 266 g/mol. The number of methoxy groups -OCH3 is 1. The van der Waals surface area contributed by atoms with Crippen LogP contribution in [0, 0.1) is 6.92 Å². The molecule has 0 radical (unpaired) electrons. The maximum Gasteiger partial charge on any atom is 0.254 e. The minimum atomic E-state index is -1.19. The van der Waals surface area contributed by atoms with Gasteiger partial charge in [0, 0.05) is 12.2 Å². The van der Waals surface area contributed by atoms with Crippen molar-refractivity contribution in [3.05, 3.63) is 23.3 Å². The Hall–Kier alpha value is -1.59. The summed E-state index contributed by atoms with van der Waals surface area (Å²) < 4.78 is 5.33. The van der Waals surface area contributed by atoms with Gasteiger partial charge in [0.25, 0.3) is 5.91 Å². The van der Waals surface area contributed by atoms with Gasteiger partial charge in [0.05, 0.1) is 7.11 Å². The zero-order valence-corrected chi connectivity index (χ0v) is 11.9. The summed E-state index contributed by atoms with van der Waals surface area (Å²) in [5, 5.41) is 12.1. The lowest BCUT2D eigenvalue weighted by Crippen LogP contribution is -2.34. The van der Waals surface area contributed by atoms with Crippen molar-refractivity contribution in [2.75, 3.05) is 19.0 Å². The Labute approximate surface area is 113 Å². The van der Waals surface area contributed by atoms with Gasteiger partial charge in [0.1, 0.15) is 11.9 Å². The lowest BCUT2D eigenvalue weighted by molar-refractivity contribution is -0.123. The Kier molecular flexibility index (Phi) is 5.32. The normalized spacial score (nSPS) is 12.4. The first-order chi connectivity index (χ1) is 8.90. The van der Waals surface area contributed by atoms with E-state index in [9.17, 15) is 9.90 Å². The van der Waals surface area contributed by atoms with Crippen LogP contribution in [0.15, 0.2) is 12.1 Å². The van der Waals surface area contributed by atoms with Crippen molar-refractivity contribution in [1.82, 2.24) is 0 Å². The number of amides is 1. The molecule has 1 aromatic carbocycles. The highest BCUT2D eigenvalue weighted by atomic mass is 16.5. The molecule has 0 bridgehead atoms. The van der Waals surface area contributed by atoms with Crippen LogP contribution in [0.2, 0.25) is 0 Å². The lowest BCUT2D eigenvalue weighted by Gasteiger charge is -2.17. The first kappa shape index (κ1) is 15.5. The molecule has 4 N–H and O–H groups in total. The summed E-state index contributed by atoms with van der Waals surface area (Å²) in [6.07, 6.45) is -1.19. The fraction of sp³-hybridized carbons (Fsp3) is 0.500. The number of anilines is 1. The minimum Gasteiger partial charge on any atom is -0.496 e. The van der Waals surface area contributed by atoms with Gasteiger partial charge in [-0.2, -0.15) is 0 Å². The van der Waals surface area contributed by atoms with Crippen molar-refractivity contribution in [1.29, 1.82) is 0 Å². The number of hydrogen-bond acceptors (Lipinski definition) is 4. The van der Waals surface area contributed by atoms with Crippen LogP contribution in [0.5, 0.6) is 5.75 Å². The number of nitrogens with one attached hydrogen (secondary N) is 1. The van der Waals surface area contributed by atoms with Gasteiger partial charge in [-0.25, -0.2) is 0 Å². The Morgan fingerprint density at radius 3 is 2.58 bits per heavy atom. The molecular formula is C14H22N2O3. The number of aryl methyl sites for hydroxylation is 1. The SMILES string of the molecule is COc1cc(C)c(NC(=O)C(O)CN)cc1C(C)C. The predicted molar refractivity (Wildman–Crippen MR) is 75.5 cm³/mol. The number of carbonyl (C=O) groups excluding carboxylic acids is 1. The molecule has 1 atom stereocenters. The largest absolute Gasteiger partial charge is 0.496 e. The van der Waals surface area contributed by atoms with Gasteiger partial charge < -0.3 is 20.9 Å². The van der Waals surface area contributed by atoms with Crippen LogP contribution >= 0.6 is 0 Å². The Balaban J connectivity index is 3.08. The molecule has 106 valence electrons. The molecule has 0 spiro atoms. The maximum absolute atomic E-state index is 11.7. The Morgan fingerprint density at radius 1 is 1.47 bits per heavy atom. The number of carbonyl (C=O) groups is 1. The van der Waals surface area contributed by atoms with Crippen molar-refractivity contribution in [2.45, 2.75) is 32.8 Å². The number of benzene rings is 1. The second-order valence-corrected chi connectivity index (χ2v) is 4.80. The van der Waals surface area contributed by atoms with E-state index in [1.54, 1.807) is 7.11 Å². The molecule has 0 aromatic heterocycles. The second kappa shape index (κ2) is 6.54. The molecule has 0 saturated heterocycles. The number of aliphatic hydroxyl groups excluding tert-OH is 1. The molecule has 1 unspecified atom stereocenters. The topological polar surface area (TPSA) is 84.6 Å². The number of hydrogen-bond donors (Lipinski definition) is 3. The van der Waals surface area contributed by atoms with E-state index in [1.165, 1.54) is 0 Å². The third kappa shape index (κ3) is 3.68. The summed E-state index contributed by atoms with van der Waals surface area (Å²) in [6, 6.07) is 3.75. The molecule has 5 nitrogen and oxygen atoms in total. The van der Waals surface area contributed by atoms with Gasteiger partial charge in [-0.1, -0.05) is 13.8 Å². The van der Waals surface area contributed by atoms with Gasteiger partial charge in [0.15, 0.2) is 0 Å². The first-order valence-corrected chi connectivity index (χ1v) is 6.28. The van der Waals surface area contributed by atoms with Crippen LogP contribution in [0.1, 0.15) is 30.9 Å². The lowest BCUT2D eigenvalue weighted by atomic mass is 9.99. The van der Waals surface area contributed by atoms with E-state index in [4.69, 9.17) is 10.5 Å². The summed E-state index contributed by atoms with van der Waals surface area (Å²) >= 11 is 0. The van der Waals surface area contributed by atoms with Crippen LogP contribution < -0.4 is 15.8 Å². The molecular weight excluding hydrogens is 244 g/mol. The van der Waals surface area contributed by atoms with Crippen LogP contribution in [0.4, 0.5) is 5.69 Å². The van der Waals surface area contributed by atoms with Crippen molar-refractivity contribution in [3.8, 4) is 5.75 Å². The zero-order valence-electron chi connectivity index (χ0n) is 11.9. The Morgan fingerprint density at radius 2 is 2.11 bits per heavy atom. The molecule has 1 aromatic rings. The van der Waals surface area contributed by atoms with Crippen LogP contribution in [0.3, 0.4) is 0 Å². The first-order valence-electron chi connectivity index (χ1n) is 6.28. The van der Waals surface area contributed by atoms with E-state index in [0.29, 0.717) is 5.69 Å². The Bertz CT molecular complexity index is 458. The van der Waals surface area contributed by atoms with E-state index in [0.717, 1.165) is 16.9 Å². The molecule has 0 saturated carbocycles. The van der Waals surface area contributed by atoms with Gasteiger partial charge in [-0.3, -0.25) is 4.79 Å².